The summed E-state index contributed by atoms with van der Waals surface area (Å²) in [5.41, 5.74) is 21.9. The number of hydrogen-bond donors (Lipinski definition) is 3. The van der Waals surface area contributed by atoms with Crippen molar-refractivity contribution in [3.8, 4) is 11.5 Å². The van der Waals surface area contributed by atoms with Crippen LogP contribution >= 0.6 is 0 Å². The highest BCUT2D eigenvalue weighted by Gasteiger charge is 2.43. The van der Waals surface area contributed by atoms with E-state index in [2.05, 4.69) is 13.8 Å². The van der Waals surface area contributed by atoms with Gasteiger partial charge in [0.1, 0.15) is 24.1 Å². The van der Waals surface area contributed by atoms with E-state index in [0.717, 1.165) is 22.9 Å². The fraction of sp³-hybridized carbons (Fsp3) is 0.250. The number of para-hydroxylation sites is 2. The van der Waals surface area contributed by atoms with Crippen molar-refractivity contribution >= 4 is 11.4 Å². The molecular weight excluding hydrogens is 388 g/mol. The van der Waals surface area contributed by atoms with Crippen LogP contribution in [0.1, 0.15) is 13.8 Å². The number of rotatable bonds is 5. The fourth-order valence-corrected chi connectivity index (χ4v) is 4.02. The van der Waals surface area contributed by atoms with E-state index >= 15 is 0 Å². The average Bonchev–Trinajstić information content (AvgIpc) is 2.76. The Bertz CT molecular complexity index is 966. The Kier molecular flexibility index (Phi) is 6.11. The minimum Gasteiger partial charge on any atom is -0.457 e. The van der Waals surface area contributed by atoms with E-state index in [9.17, 15) is 0 Å². The lowest BCUT2D eigenvalue weighted by atomic mass is 10.2. The highest BCUT2D eigenvalue weighted by molar-refractivity contribution is 5.57. The number of ether oxygens (including phenoxy) is 1. The Hall–Kier alpha value is -3.10. The van der Waals surface area contributed by atoms with Gasteiger partial charge in [0.25, 0.3) is 0 Å². The summed E-state index contributed by atoms with van der Waals surface area (Å²) in [7, 11) is 0. The van der Waals surface area contributed by atoms with Crippen LogP contribution < -0.4 is 31.7 Å². The van der Waals surface area contributed by atoms with Crippen molar-refractivity contribution in [3.05, 3.63) is 84.9 Å². The van der Waals surface area contributed by atoms with Crippen LogP contribution in [0, 0.1) is 0 Å². The largest absolute Gasteiger partial charge is 0.457 e. The zero-order chi connectivity index (χ0) is 22.0. The minimum atomic E-state index is -0.539. The lowest BCUT2D eigenvalue weighted by Crippen LogP contribution is -2.79. The summed E-state index contributed by atoms with van der Waals surface area (Å²) >= 11 is 0. The summed E-state index contributed by atoms with van der Waals surface area (Å²) in [5.74, 6) is 1.53. The van der Waals surface area contributed by atoms with Crippen LogP contribution in [0.3, 0.4) is 0 Å². The van der Waals surface area contributed by atoms with E-state index < -0.39 is 18.9 Å². The van der Waals surface area contributed by atoms with Crippen LogP contribution in [-0.4, -0.2) is 29.8 Å². The molecule has 7 nitrogen and oxygen atoms in total. The molecule has 3 aromatic rings. The molecule has 0 saturated carbocycles. The third kappa shape index (κ3) is 4.22. The van der Waals surface area contributed by atoms with Crippen molar-refractivity contribution in [1.29, 1.82) is 0 Å². The molecule has 162 valence electrons. The molecule has 1 heterocycles. The Morgan fingerprint density at radius 3 is 1.58 bits per heavy atom. The zero-order valence-corrected chi connectivity index (χ0v) is 17.9. The average molecular weight is 419 g/mol. The van der Waals surface area contributed by atoms with E-state index in [4.69, 9.17) is 21.9 Å². The molecule has 0 aliphatic carbocycles. The quantitative estimate of drug-likeness (QED) is 0.585. The lowest BCUT2D eigenvalue weighted by Gasteiger charge is -2.56. The van der Waals surface area contributed by atoms with Gasteiger partial charge in [0.2, 0.25) is 0 Å². The molecular formula is C24H30N6O. The molecule has 4 rings (SSSR count). The van der Waals surface area contributed by atoms with E-state index in [1.807, 2.05) is 99.6 Å². The molecule has 0 amide bonds. The van der Waals surface area contributed by atoms with Crippen molar-refractivity contribution in [2.45, 2.75) is 38.8 Å². The van der Waals surface area contributed by atoms with E-state index in [1.54, 1.807) is 0 Å². The first-order valence-electron chi connectivity index (χ1n) is 10.5. The summed E-state index contributed by atoms with van der Waals surface area (Å²) in [4.78, 5) is 6.01. The van der Waals surface area contributed by atoms with Crippen molar-refractivity contribution < 1.29 is 4.74 Å². The Morgan fingerprint density at radius 1 is 0.613 bits per heavy atom. The first kappa shape index (κ1) is 21.1. The lowest BCUT2D eigenvalue weighted by molar-refractivity contribution is 0.0529. The predicted molar refractivity (Wildman–Crippen MR) is 125 cm³/mol. The van der Waals surface area contributed by atoms with Crippen LogP contribution in [0.15, 0.2) is 84.9 Å². The monoisotopic (exact) mass is 418 g/mol. The van der Waals surface area contributed by atoms with Crippen molar-refractivity contribution in [2.75, 3.05) is 9.80 Å². The van der Waals surface area contributed by atoms with E-state index in [-0.39, 0.29) is 6.04 Å². The molecule has 0 radical (unpaired) electrons. The van der Waals surface area contributed by atoms with Gasteiger partial charge in [-0.1, -0.05) is 36.4 Å². The van der Waals surface area contributed by atoms with Gasteiger partial charge in [-0.2, -0.15) is 0 Å². The van der Waals surface area contributed by atoms with Crippen molar-refractivity contribution in [2.24, 2.45) is 17.2 Å². The third-order valence-corrected chi connectivity index (χ3v) is 5.52. The smallest absolute Gasteiger partial charge is 0.159 e. The maximum atomic E-state index is 6.73. The van der Waals surface area contributed by atoms with Crippen LogP contribution in [0.4, 0.5) is 11.4 Å². The number of hydrogen-bond acceptors (Lipinski definition) is 7. The van der Waals surface area contributed by atoms with Crippen molar-refractivity contribution in [1.82, 2.24) is 4.90 Å². The second kappa shape index (κ2) is 8.95. The molecule has 1 aliphatic heterocycles. The number of benzene rings is 3. The molecule has 1 saturated heterocycles. The maximum Gasteiger partial charge on any atom is 0.159 e. The molecule has 6 N–H and O–H groups in total. The van der Waals surface area contributed by atoms with Gasteiger partial charge in [-0.15, -0.1) is 0 Å². The summed E-state index contributed by atoms with van der Waals surface area (Å²) in [6.07, 6.45) is -1.47. The first-order valence-corrected chi connectivity index (χ1v) is 10.5. The standard InChI is InChI=1S/C24H30N6O/c1-17(2)28-22(25)29(18-9-5-3-6-10-18)24(27)30(23(28)26)19-13-15-21(16-14-19)31-20-11-7-4-8-12-20/h3-17,22-24H,25-27H2,1-2H3. The molecule has 0 spiro atoms. The van der Waals surface area contributed by atoms with Crippen molar-refractivity contribution in [3.63, 3.8) is 0 Å². The number of anilines is 2. The van der Waals surface area contributed by atoms with Crippen LogP contribution in [0.5, 0.6) is 11.5 Å². The normalized spacial score (nSPS) is 22.1. The highest BCUT2D eigenvalue weighted by atomic mass is 16.5. The molecule has 1 aliphatic rings. The van der Waals surface area contributed by atoms with Gasteiger partial charge < -0.3 is 14.5 Å². The molecule has 0 aromatic heterocycles. The van der Waals surface area contributed by atoms with Crippen LogP contribution in [-0.2, 0) is 0 Å². The minimum absolute atomic E-state index is 0.117. The number of nitrogens with zero attached hydrogens (tertiary/aromatic N) is 3. The summed E-state index contributed by atoms with van der Waals surface area (Å²) in [6, 6.07) is 27.5. The Balaban J connectivity index is 1.65. The van der Waals surface area contributed by atoms with Gasteiger partial charge in [0.15, 0.2) is 6.29 Å². The molecule has 3 atom stereocenters. The van der Waals surface area contributed by atoms with Gasteiger partial charge in [-0.3, -0.25) is 17.2 Å². The van der Waals surface area contributed by atoms with Crippen LogP contribution in [0.2, 0.25) is 0 Å². The van der Waals surface area contributed by atoms with E-state index in [1.165, 1.54) is 0 Å². The summed E-state index contributed by atoms with van der Waals surface area (Å²) < 4.78 is 5.92. The Labute approximate surface area is 183 Å². The second-order valence-electron chi connectivity index (χ2n) is 7.84. The fourth-order valence-electron chi connectivity index (χ4n) is 4.02. The summed E-state index contributed by atoms with van der Waals surface area (Å²) in [6.45, 7) is 4.16. The van der Waals surface area contributed by atoms with Gasteiger partial charge in [0.05, 0.1) is 0 Å². The zero-order valence-electron chi connectivity index (χ0n) is 17.9. The van der Waals surface area contributed by atoms with Gasteiger partial charge in [-0.05, 0) is 62.4 Å². The first-order chi connectivity index (χ1) is 15.0. The molecule has 0 bridgehead atoms. The third-order valence-electron chi connectivity index (χ3n) is 5.52. The molecule has 3 aromatic carbocycles. The van der Waals surface area contributed by atoms with E-state index in [0.29, 0.717) is 0 Å². The molecule has 3 unspecified atom stereocenters. The molecule has 1 fully saturated rings. The number of nitrogens with two attached hydrogens (primary N) is 3. The van der Waals surface area contributed by atoms with Gasteiger partial charge in [-0.25, -0.2) is 4.90 Å². The maximum absolute atomic E-state index is 6.73. The van der Waals surface area contributed by atoms with Gasteiger partial charge >= 0.3 is 0 Å². The summed E-state index contributed by atoms with van der Waals surface area (Å²) in [5, 5.41) is 0. The van der Waals surface area contributed by atoms with Crippen LogP contribution in [0.25, 0.3) is 0 Å². The molecule has 7 heteroatoms. The predicted octanol–water partition coefficient (Wildman–Crippen LogP) is 3.24. The molecule has 31 heavy (non-hydrogen) atoms. The second-order valence-corrected chi connectivity index (χ2v) is 7.84. The SMILES string of the molecule is CC(C)N1C(N)N(c2ccccc2)C(N)N(c2ccc(Oc3ccccc3)cc2)C1N. The van der Waals surface area contributed by atoms with Gasteiger partial charge in [0, 0.05) is 17.4 Å². The Morgan fingerprint density at radius 2 is 1.06 bits per heavy atom. The highest BCUT2D eigenvalue weighted by Crippen LogP contribution is 2.32. The topological polar surface area (TPSA) is 97.0 Å².